The molecule has 0 amide bonds. The molecule has 11 heavy (non-hydrogen) atoms. The van der Waals surface area contributed by atoms with Gasteiger partial charge in [0, 0.05) is 23.5 Å². The maximum Gasteiger partial charge on any atom is 0.306 e. The Kier molecular flexibility index (Phi) is 2.78. The predicted octanol–water partition coefficient (Wildman–Crippen LogP) is 0.241. The first-order valence-electron chi connectivity index (χ1n) is 3.57. The van der Waals surface area contributed by atoms with E-state index in [2.05, 4.69) is 4.74 Å². The topological polar surface area (TPSA) is 52.3 Å². The molecule has 1 saturated heterocycles. The van der Waals surface area contributed by atoms with E-state index in [9.17, 15) is 4.79 Å². The second-order valence-corrected chi connectivity index (χ2v) is 3.94. The summed E-state index contributed by atoms with van der Waals surface area (Å²) in [7, 11) is 1.42. The highest BCUT2D eigenvalue weighted by molar-refractivity contribution is 8.00. The van der Waals surface area contributed by atoms with Crippen LogP contribution in [0.15, 0.2) is 0 Å². The summed E-state index contributed by atoms with van der Waals surface area (Å²) in [4.78, 5) is 10.9. The Morgan fingerprint density at radius 3 is 2.64 bits per heavy atom. The van der Waals surface area contributed by atoms with E-state index in [-0.39, 0.29) is 11.4 Å². The largest absolute Gasteiger partial charge is 0.469 e. The van der Waals surface area contributed by atoms with Gasteiger partial charge in [0.25, 0.3) is 0 Å². The summed E-state index contributed by atoms with van der Waals surface area (Å²) in [6.07, 6.45) is 0.479. The second kappa shape index (κ2) is 3.45. The molecule has 1 fully saturated rings. The molecule has 1 aliphatic heterocycles. The second-order valence-electron chi connectivity index (χ2n) is 2.95. The minimum absolute atomic E-state index is 0.0533. The average Bonchev–Trinajstić information content (AvgIpc) is 1.96. The van der Waals surface area contributed by atoms with E-state index in [0.29, 0.717) is 13.0 Å². The lowest BCUT2D eigenvalue weighted by atomic mass is 9.88. The van der Waals surface area contributed by atoms with Gasteiger partial charge in [0.15, 0.2) is 0 Å². The van der Waals surface area contributed by atoms with Crippen molar-refractivity contribution in [1.29, 1.82) is 0 Å². The number of carbonyl (C=O) groups is 1. The van der Waals surface area contributed by atoms with Crippen molar-refractivity contribution < 1.29 is 9.53 Å². The summed E-state index contributed by atoms with van der Waals surface area (Å²) in [5, 5.41) is 0. The smallest absolute Gasteiger partial charge is 0.306 e. The Bertz CT molecular complexity index is 151. The quantitative estimate of drug-likeness (QED) is 0.624. The molecule has 0 atom stereocenters. The fraction of sp³-hybridized carbons (Fsp3) is 0.857. The van der Waals surface area contributed by atoms with Gasteiger partial charge in [-0.25, -0.2) is 0 Å². The normalized spacial score (nSPS) is 20.5. The van der Waals surface area contributed by atoms with Crippen molar-refractivity contribution in [2.75, 3.05) is 25.2 Å². The van der Waals surface area contributed by atoms with Gasteiger partial charge in [0.1, 0.15) is 0 Å². The van der Waals surface area contributed by atoms with Crippen molar-refractivity contribution in [3.8, 4) is 0 Å². The van der Waals surface area contributed by atoms with Gasteiger partial charge in [-0.2, -0.15) is 11.8 Å². The Labute approximate surface area is 70.7 Å². The molecule has 0 saturated carbocycles. The van der Waals surface area contributed by atoms with Crippen molar-refractivity contribution >= 4 is 17.7 Å². The highest BCUT2D eigenvalue weighted by Gasteiger charge is 2.38. The molecule has 0 radical (unpaired) electrons. The van der Waals surface area contributed by atoms with Gasteiger partial charge in [-0.05, 0) is 0 Å². The van der Waals surface area contributed by atoms with Gasteiger partial charge in [-0.1, -0.05) is 0 Å². The highest BCUT2D eigenvalue weighted by Crippen LogP contribution is 2.39. The highest BCUT2D eigenvalue weighted by atomic mass is 32.2. The number of carbonyl (C=O) groups excluding carboxylic acids is 1. The number of esters is 1. The fourth-order valence-electron chi connectivity index (χ4n) is 1.06. The standard InChI is InChI=1S/C7H13NO2S/c1-10-6(9)2-7(3-8)4-11-5-7/h2-5,8H2,1H3. The van der Waals surface area contributed by atoms with Gasteiger partial charge in [-0.3, -0.25) is 4.79 Å². The van der Waals surface area contributed by atoms with Gasteiger partial charge < -0.3 is 10.5 Å². The van der Waals surface area contributed by atoms with E-state index in [4.69, 9.17) is 5.73 Å². The van der Waals surface area contributed by atoms with Crippen LogP contribution in [0.4, 0.5) is 0 Å². The Balaban J connectivity index is 2.38. The summed E-state index contributed by atoms with van der Waals surface area (Å²) in [5.41, 5.74) is 5.60. The molecule has 1 aliphatic rings. The number of thioether (sulfide) groups is 1. The van der Waals surface area contributed by atoms with Crippen molar-refractivity contribution in [2.45, 2.75) is 6.42 Å². The SMILES string of the molecule is COC(=O)CC1(CN)CSC1. The molecule has 0 aromatic carbocycles. The van der Waals surface area contributed by atoms with Crippen LogP contribution in [0.1, 0.15) is 6.42 Å². The minimum Gasteiger partial charge on any atom is -0.469 e. The Morgan fingerprint density at radius 2 is 2.36 bits per heavy atom. The van der Waals surface area contributed by atoms with Crippen LogP contribution in [0.25, 0.3) is 0 Å². The van der Waals surface area contributed by atoms with Crippen LogP contribution >= 0.6 is 11.8 Å². The molecular formula is C7H13NO2S. The van der Waals surface area contributed by atoms with E-state index in [1.807, 2.05) is 11.8 Å². The fourth-order valence-corrected chi connectivity index (χ4v) is 2.28. The third-order valence-electron chi connectivity index (χ3n) is 2.00. The molecule has 0 aromatic rings. The van der Waals surface area contributed by atoms with Crippen LogP contribution in [0, 0.1) is 5.41 Å². The van der Waals surface area contributed by atoms with Gasteiger partial charge in [0.2, 0.25) is 0 Å². The van der Waals surface area contributed by atoms with Crippen LogP contribution in [0.3, 0.4) is 0 Å². The molecular weight excluding hydrogens is 162 g/mol. The molecule has 3 nitrogen and oxygen atoms in total. The van der Waals surface area contributed by atoms with E-state index >= 15 is 0 Å². The molecule has 4 heteroatoms. The predicted molar refractivity (Wildman–Crippen MR) is 45.4 cm³/mol. The number of ether oxygens (including phenoxy) is 1. The van der Waals surface area contributed by atoms with Crippen molar-refractivity contribution in [1.82, 2.24) is 0 Å². The number of hydrogen-bond donors (Lipinski definition) is 1. The van der Waals surface area contributed by atoms with Crippen molar-refractivity contribution in [2.24, 2.45) is 11.1 Å². The zero-order valence-corrected chi connectivity index (χ0v) is 7.45. The van der Waals surface area contributed by atoms with Crippen molar-refractivity contribution in [3.05, 3.63) is 0 Å². The first-order valence-corrected chi connectivity index (χ1v) is 4.72. The van der Waals surface area contributed by atoms with Gasteiger partial charge in [-0.15, -0.1) is 0 Å². The summed E-state index contributed by atoms with van der Waals surface area (Å²) in [5.74, 6) is 1.85. The molecule has 2 N–H and O–H groups in total. The van der Waals surface area contributed by atoms with Gasteiger partial charge in [0.05, 0.1) is 13.5 Å². The molecule has 0 aliphatic carbocycles. The van der Waals surface area contributed by atoms with E-state index < -0.39 is 0 Å². The minimum atomic E-state index is -0.143. The summed E-state index contributed by atoms with van der Waals surface area (Å²) >= 11 is 1.83. The van der Waals surface area contributed by atoms with Gasteiger partial charge >= 0.3 is 5.97 Å². The molecule has 0 aromatic heterocycles. The third-order valence-corrected chi connectivity index (χ3v) is 3.63. The zero-order valence-electron chi connectivity index (χ0n) is 6.63. The lowest BCUT2D eigenvalue weighted by Gasteiger charge is -2.39. The maximum absolute atomic E-state index is 10.9. The third kappa shape index (κ3) is 1.87. The molecule has 0 spiro atoms. The van der Waals surface area contributed by atoms with Crippen LogP contribution < -0.4 is 5.73 Å². The summed E-state index contributed by atoms with van der Waals surface area (Å²) in [6, 6.07) is 0. The molecule has 0 unspecified atom stereocenters. The molecule has 1 rings (SSSR count). The summed E-state index contributed by atoms with van der Waals surface area (Å²) in [6.45, 7) is 0.592. The van der Waals surface area contributed by atoms with Crippen molar-refractivity contribution in [3.63, 3.8) is 0 Å². The molecule has 1 heterocycles. The summed E-state index contributed by atoms with van der Waals surface area (Å²) < 4.78 is 4.58. The van der Waals surface area contributed by atoms with Crippen LogP contribution in [-0.4, -0.2) is 31.1 Å². The van der Waals surface area contributed by atoms with E-state index in [1.165, 1.54) is 7.11 Å². The van der Waals surface area contributed by atoms with E-state index in [1.54, 1.807) is 0 Å². The monoisotopic (exact) mass is 175 g/mol. The number of rotatable bonds is 3. The first kappa shape index (κ1) is 8.87. The number of methoxy groups -OCH3 is 1. The maximum atomic E-state index is 10.9. The Hall–Kier alpha value is -0.220. The first-order chi connectivity index (χ1) is 5.22. The number of nitrogens with two attached hydrogens (primary N) is 1. The average molecular weight is 175 g/mol. The molecule has 0 bridgehead atoms. The number of hydrogen-bond acceptors (Lipinski definition) is 4. The molecule has 64 valence electrons. The Morgan fingerprint density at radius 1 is 1.73 bits per heavy atom. The van der Waals surface area contributed by atoms with Crippen LogP contribution in [0.5, 0.6) is 0 Å². The zero-order chi connectivity index (χ0) is 8.32. The van der Waals surface area contributed by atoms with Crippen LogP contribution in [-0.2, 0) is 9.53 Å². The lowest BCUT2D eigenvalue weighted by Crippen LogP contribution is -2.44. The van der Waals surface area contributed by atoms with Crippen LogP contribution in [0.2, 0.25) is 0 Å². The van der Waals surface area contributed by atoms with E-state index in [0.717, 1.165) is 11.5 Å². The lowest BCUT2D eigenvalue weighted by molar-refractivity contribution is -0.142.